The zero-order valence-electron chi connectivity index (χ0n) is 18.7. The highest BCUT2D eigenvalue weighted by molar-refractivity contribution is 7.29. The molecule has 0 aliphatic heterocycles. The van der Waals surface area contributed by atoms with E-state index in [4.69, 9.17) is 0 Å². The molecule has 0 aliphatic rings. The molecule has 0 radical (unpaired) electrons. The van der Waals surface area contributed by atoms with Crippen LogP contribution in [0.4, 0.5) is 10.7 Å². The normalized spacial score (nSPS) is 11.5. The lowest BCUT2D eigenvalue weighted by molar-refractivity contribution is -0.116. The van der Waals surface area contributed by atoms with E-state index in [9.17, 15) is 9.59 Å². The van der Waals surface area contributed by atoms with Gasteiger partial charge in [-0.25, -0.2) is 4.98 Å². The van der Waals surface area contributed by atoms with E-state index in [1.165, 1.54) is 41.1 Å². The highest BCUT2D eigenvalue weighted by atomic mass is 32.1. The Kier molecular flexibility index (Phi) is 7.52. The number of hydrogen-bond acceptors (Lipinski definition) is 7. The maximum atomic E-state index is 12.6. The van der Waals surface area contributed by atoms with Crippen LogP contribution in [-0.2, 0) is 24.1 Å². The number of rotatable bonds is 10. The van der Waals surface area contributed by atoms with Crippen molar-refractivity contribution in [2.45, 2.75) is 46.0 Å². The lowest BCUT2D eigenvalue weighted by Crippen LogP contribution is -2.04. The third kappa shape index (κ3) is 6.27. The van der Waals surface area contributed by atoms with Gasteiger partial charge < -0.3 is 0 Å². The number of carbonyl (C=O) groups is 2. The van der Waals surface area contributed by atoms with Gasteiger partial charge in [0.15, 0.2) is 5.78 Å². The molecule has 2 heterocycles. The molecule has 0 N–H and O–H groups in total. The molecule has 5 nitrogen and oxygen atoms in total. The molecule has 33 heavy (non-hydrogen) atoms. The number of thiazole rings is 1. The summed E-state index contributed by atoms with van der Waals surface area (Å²) in [7, 11) is 0. The first-order valence-corrected chi connectivity index (χ1v) is 12.6. The zero-order chi connectivity index (χ0) is 23.2. The lowest BCUT2D eigenvalue weighted by atomic mass is 10.0. The minimum absolute atomic E-state index is 0.0214. The summed E-state index contributed by atoms with van der Waals surface area (Å²) in [5.74, 6) is 0.129. The second kappa shape index (κ2) is 10.7. The largest absolute Gasteiger partial charge is 0.300 e. The number of Topliss-reactive ketones (excluding diaryl/α,β-unsaturated/α-hetero) is 2. The summed E-state index contributed by atoms with van der Waals surface area (Å²) in [5, 5.41) is 10.3. The van der Waals surface area contributed by atoms with Crippen LogP contribution in [0.2, 0.25) is 0 Å². The average Bonchev–Trinajstić information content (AvgIpc) is 3.35. The average molecular weight is 476 g/mol. The van der Waals surface area contributed by atoms with Crippen LogP contribution in [-0.4, -0.2) is 16.6 Å². The van der Waals surface area contributed by atoms with Gasteiger partial charge in [0.2, 0.25) is 0 Å². The fourth-order valence-electron chi connectivity index (χ4n) is 3.44. The summed E-state index contributed by atoms with van der Waals surface area (Å²) in [6, 6.07) is 17.4. The number of aromatic nitrogens is 1. The van der Waals surface area contributed by atoms with E-state index in [1.807, 2.05) is 30.3 Å². The summed E-state index contributed by atoms with van der Waals surface area (Å²) in [6.07, 6.45) is 4.13. The fourth-order valence-corrected chi connectivity index (χ4v) is 5.50. The van der Waals surface area contributed by atoms with Gasteiger partial charge in [-0.1, -0.05) is 61.1 Å². The minimum atomic E-state index is 0.0214. The van der Waals surface area contributed by atoms with Crippen LogP contribution < -0.4 is 0 Å². The van der Waals surface area contributed by atoms with Crippen molar-refractivity contribution in [2.75, 3.05) is 0 Å². The molecule has 4 aromatic rings. The number of carbonyl (C=O) groups excluding carboxylic acids is 2. The van der Waals surface area contributed by atoms with Crippen molar-refractivity contribution in [1.82, 2.24) is 4.98 Å². The van der Waals surface area contributed by atoms with Gasteiger partial charge in [-0.15, -0.1) is 21.6 Å². The molecule has 7 heteroatoms. The highest BCUT2D eigenvalue weighted by Gasteiger charge is 2.13. The van der Waals surface area contributed by atoms with E-state index in [0.29, 0.717) is 12.0 Å². The Balaban J connectivity index is 1.38. The molecule has 0 saturated heterocycles. The van der Waals surface area contributed by atoms with Crippen molar-refractivity contribution < 1.29 is 9.59 Å². The molecular weight excluding hydrogens is 450 g/mol. The Labute approximate surface area is 201 Å². The molecule has 0 unspecified atom stereocenters. The summed E-state index contributed by atoms with van der Waals surface area (Å²) in [5.41, 5.74) is 3.71. The van der Waals surface area contributed by atoms with Gasteiger partial charge in [-0.2, -0.15) is 0 Å². The molecule has 0 amide bonds. The Bertz CT molecular complexity index is 1250. The van der Waals surface area contributed by atoms with E-state index in [1.54, 1.807) is 19.1 Å². The van der Waals surface area contributed by atoms with E-state index < -0.39 is 0 Å². The molecule has 0 bridgehead atoms. The SMILES string of the molecule is CCCCc1ccc(N=Nc2cc3sc(CC(=O)c4ccc(CC(C)=O)cc4)nc3s2)cc1. The van der Waals surface area contributed by atoms with Gasteiger partial charge in [-0.3, -0.25) is 9.59 Å². The monoisotopic (exact) mass is 475 g/mol. The summed E-state index contributed by atoms with van der Waals surface area (Å²) >= 11 is 2.99. The van der Waals surface area contributed by atoms with Gasteiger partial charge in [0, 0.05) is 12.0 Å². The number of hydrogen-bond donors (Lipinski definition) is 0. The first-order chi connectivity index (χ1) is 16.0. The summed E-state index contributed by atoms with van der Waals surface area (Å²) < 4.78 is 1.02. The molecule has 0 atom stereocenters. The second-order valence-electron chi connectivity index (χ2n) is 8.01. The van der Waals surface area contributed by atoms with Gasteiger partial charge in [0.05, 0.1) is 16.8 Å². The third-order valence-electron chi connectivity index (χ3n) is 5.18. The van der Waals surface area contributed by atoms with E-state index >= 15 is 0 Å². The Morgan fingerprint density at radius 2 is 1.64 bits per heavy atom. The van der Waals surface area contributed by atoms with Crippen molar-refractivity contribution in [3.05, 3.63) is 76.3 Å². The van der Waals surface area contributed by atoms with Crippen LogP contribution in [0, 0.1) is 0 Å². The molecule has 0 spiro atoms. The Morgan fingerprint density at radius 1 is 0.909 bits per heavy atom. The van der Waals surface area contributed by atoms with Crippen molar-refractivity contribution in [2.24, 2.45) is 10.2 Å². The molecule has 2 aromatic carbocycles. The molecule has 0 saturated carbocycles. The second-order valence-corrected chi connectivity index (χ2v) is 10.1. The molecule has 2 aromatic heterocycles. The van der Waals surface area contributed by atoms with Crippen LogP contribution >= 0.6 is 22.7 Å². The van der Waals surface area contributed by atoms with Gasteiger partial charge >= 0.3 is 0 Å². The van der Waals surface area contributed by atoms with Crippen LogP contribution in [0.3, 0.4) is 0 Å². The lowest BCUT2D eigenvalue weighted by Gasteiger charge is -2.01. The van der Waals surface area contributed by atoms with Gasteiger partial charge in [-0.05, 0) is 49.1 Å². The Morgan fingerprint density at radius 3 is 2.30 bits per heavy atom. The quantitative estimate of drug-likeness (QED) is 0.174. The predicted octanol–water partition coefficient (Wildman–Crippen LogP) is 7.67. The van der Waals surface area contributed by atoms with E-state index in [2.05, 4.69) is 34.3 Å². The van der Waals surface area contributed by atoms with Gasteiger partial charge in [0.1, 0.15) is 20.6 Å². The van der Waals surface area contributed by atoms with Crippen molar-refractivity contribution >= 4 is 54.5 Å². The molecular formula is C26H25N3O2S2. The number of nitrogens with zero attached hydrogens (tertiary/aromatic N) is 3. The number of benzene rings is 2. The first kappa shape index (κ1) is 23.1. The third-order valence-corrected chi connectivity index (χ3v) is 7.23. The van der Waals surface area contributed by atoms with Crippen molar-refractivity contribution in [1.29, 1.82) is 0 Å². The van der Waals surface area contributed by atoms with Crippen LogP contribution in [0.15, 0.2) is 64.8 Å². The number of thiophene rings is 1. The number of azo groups is 1. The molecule has 0 aliphatic carbocycles. The number of aryl methyl sites for hydroxylation is 1. The number of ketones is 2. The van der Waals surface area contributed by atoms with Crippen LogP contribution in [0.25, 0.3) is 9.53 Å². The first-order valence-electron chi connectivity index (χ1n) is 11.0. The Hall–Kier alpha value is -3.03. The van der Waals surface area contributed by atoms with Crippen molar-refractivity contribution in [3.63, 3.8) is 0 Å². The van der Waals surface area contributed by atoms with Gasteiger partial charge in [0.25, 0.3) is 0 Å². The topological polar surface area (TPSA) is 71.8 Å². The smallest absolute Gasteiger partial charge is 0.169 e. The maximum absolute atomic E-state index is 12.6. The minimum Gasteiger partial charge on any atom is -0.300 e. The van der Waals surface area contributed by atoms with Crippen molar-refractivity contribution in [3.8, 4) is 0 Å². The fraction of sp³-hybridized carbons (Fsp3) is 0.269. The summed E-state index contributed by atoms with van der Waals surface area (Å²) in [4.78, 5) is 29.4. The standard InChI is InChI=1S/C26H25N3O2S2/c1-3-4-5-18-8-12-21(13-9-18)28-29-25-16-23-26(33-25)27-24(32-23)15-22(31)20-10-6-19(7-11-20)14-17(2)30/h6-13,16H,3-5,14-15H2,1-2H3. The number of unbranched alkanes of at least 4 members (excludes halogenated alkanes) is 1. The molecule has 168 valence electrons. The molecule has 4 rings (SSSR count). The highest BCUT2D eigenvalue weighted by Crippen LogP contribution is 2.36. The number of fused-ring (bicyclic) bond motifs is 1. The predicted molar refractivity (Wildman–Crippen MR) is 136 cm³/mol. The van der Waals surface area contributed by atoms with E-state index in [-0.39, 0.29) is 18.0 Å². The zero-order valence-corrected chi connectivity index (χ0v) is 20.3. The van der Waals surface area contributed by atoms with Crippen LogP contribution in [0.1, 0.15) is 53.2 Å². The van der Waals surface area contributed by atoms with E-state index in [0.717, 1.165) is 37.2 Å². The maximum Gasteiger partial charge on any atom is 0.169 e. The van der Waals surface area contributed by atoms with Crippen LogP contribution in [0.5, 0.6) is 0 Å². The summed E-state index contributed by atoms with van der Waals surface area (Å²) in [6.45, 7) is 3.76. The molecule has 0 fully saturated rings.